The van der Waals surface area contributed by atoms with Crippen molar-refractivity contribution in [2.24, 2.45) is 0 Å². The molecule has 0 bridgehead atoms. The molecule has 0 unspecified atom stereocenters. The predicted molar refractivity (Wildman–Crippen MR) is 202 cm³/mol. The molecule has 9 aromatic rings. The molecule has 0 spiro atoms. The Labute approximate surface area is 281 Å². The lowest BCUT2D eigenvalue weighted by atomic mass is 9.36. The molecule has 2 amide bonds. The lowest BCUT2D eigenvalue weighted by molar-refractivity contribution is 0.255. The molecular weight excluding hydrogens is 601 g/mol. The average molecular weight is 628 g/mol. The fraction of sp³-hybridized carbons (Fsp3) is 0. The number of hydrogen-bond acceptors (Lipinski definition) is 2. The zero-order chi connectivity index (χ0) is 32.2. The highest BCUT2D eigenvalue weighted by Crippen LogP contribution is 2.50. The Morgan fingerprint density at radius 2 is 1.18 bits per heavy atom. The Hall–Kier alpha value is -6.53. The number of urea groups is 1. The van der Waals surface area contributed by atoms with Gasteiger partial charge in [-0.2, -0.15) is 0 Å². The van der Waals surface area contributed by atoms with Crippen molar-refractivity contribution in [1.82, 2.24) is 4.57 Å². The van der Waals surface area contributed by atoms with E-state index in [2.05, 4.69) is 120 Å². The van der Waals surface area contributed by atoms with Gasteiger partial charge in [-0.1, -0.05) is 121 Å². The first-order valence-electron chi connectivity index (χ1n) is 16.6. The minimum Gasteiger partial charge on any atom is -0.456 e. The molecule has 2 aromatic heterocycles. The van der Waals surface area contributed by atoms with Gasteiger partial charge >= 0.3 is 6.03 Å². The van der Waals surface area contributed by atoms with E-state index in [9.17, 15) is 0 Å². The number of fused-ring (bicyclic) bond motifs is 7. The molecule has 2 aliphatic rings. The topological polar surface area (TPSA) is 41.6 Å². The quantitative estimate of drug-likeness (QED) is 0.184. The molecule has 6 heteroatoms. The van der Waals surface area contributed by atoms with Crippen molar-refractivity contribution in [3.63, 3.8) is 0 Å². The van der Waals surface area contributed by atoms with Crippen LogP contribution in [0.4, 0.5) is 27.5 Å². The van der Waals surface area contributed by atoms with Crippen LogP contribution in [0.3, 0.4) is 0 Å². The summed E-state index contributed by atoms with van der Waals surface area (Å²) >= 11 is 0. The van der Waals surface area contributed by atoms with Crippen molar-refractivity contribution < 1.29 is 9.21 Å². The number of para-hydroxylation sites is 3. The molecule has 2 aliphatic heterocycles. The zero-order valence-corrected chi connectivity index (χ0v) is 26.2. The van der Waals surface area contributed by atoms with Gasteiger partial charge < -0.3 is 8.98 Å². The predicted octanol–water partition coefficient (Wildman–Crippen LogP) is 8.92. The smallest absolute Gasteiger partial charge is 0.338 e. The molecule has 0 saturated heterocycles. The van der Waals surface area contributed by atoms with Gasteiger partial charge in [0.2, 0.25) is 0 Å². The maximum absolute atomic E-state index is 15.7. The van der Waals surface area contributed by atoms with Crippen molar-refractivity contribution in [1.29, 1.82) is 0 Å². The van der Waals surface area contributed by atoms with Crippen molar-refractivity contribution in [2.45, 2.75) is 0 Å². The van der Waals surface area contributed by atoms with Crippen LogP contribution in [0, 0.1) is 0 Å². The molecule has 0 saturated carbocycles. The Kier molecular flexibility index (Phi) is 5.28. The normalized spacial score (nSPS) is 13.6. The number of aromatic nitrogens is 1. The Morgan fingerprint density at radius 3 is 2.02 bits per heavy atom. The van der Waals surface area contributed by atoms with Gasteiger partial charge in [-0.15, -0.1) is 0 Å². The Bertz CT molecular complexity index is 2820. The summed E-state index contributed by atoms with van der Waals surface area (Å²) < 4.78 is 8.68. The van der Waals surface area contributed by atoms with Gasteiger partial charge in [0.15, 0.2) is 0 Å². The maximum Gasteiger partial charge on any atom is 0.338 e. The van der Waals surface area contributed by atoms with Crippen LogP contribution >= 0.6 is 0 Å². The molecule has 5 nitrogen and oxygen atoms in total. The lowest BCUT2D eigenvalue weighted by Gasteiger charge is -2.42. The summed E-state index contributed by atoms with van der Waals surface area (Å²) in [5.41, 5.74) is 10.6. The first-order valence-corrected chi connectivity index (χ1v) is 16.6. The standard InChI is InChI=1S/C43H26BN3O2/c48-43-46(35-22-12-24-37-39(35)31-19-8-10-23-36(31)49-37)34-21-11-13-27-25-26-32-41(38(27)34)47(43)40-30-18-7-9-20-33(30)45(29-16-5-2-6-17-29)42(40)44(32)28-14-3-1-4-15-28/h1-26H. The molecule has 0 N–H and O–H groups in total. The molecule has 0 aliphatic carbocycles. The highest BCUT2D eigenvalue weighted by Gasteiger charge is 2.47. The highest BCUT2D eigenvalue weighted by atomic mass is 16.3. The van der Waals surface area contributed by atoms with Crippen LogP contribution in [-0.4, -0.2) is 17.3 Å². The minimum absolute atomic E-state index is 0.117. The third kappa shape index (κ3) is 3.47. The first-order chi connectivity index (χ1) is 24.3. The van der Waals surface area contributed by atoms with Crippen molar-refractivity contribution in [3.05, 3.63) is 158 Å². The van der Waals surface area contributed by atoms with Crippen molar-refractivity contribution in [3.8, 4) is 5.69 Å². The van der Waals surface area contributed by atoms with Crippen molar-refractivity contribution in [2.75, 3.05) is 9.80 Å². The largest absolute Gasteiger partial charge is 0.456 e. The SMILES string of the molecule is O=C1N2c3c(n(-c4ccccc4)c4ccccc34)B(c3ccccc3)c3ccc4cccc(c4c32)N1c1cccc2oc3ccccc3c12. The fourth-order valence-electron chi connectivity index (χ4n) is 8.43. The fourth-order valence-corrected chi connectivity index (χ4v) is 8.43. The van der Waals surface area contributed by atoms with E-state index in [1.807, 2.05) is 52.3 Å². The zero-order valence-electron chi connectivity index (χ0n) is 26.2. The van der Waals surface area contributed by atoms with E-state index in [4.69, 9.17) is 4.42 Å². The number of hydrogen-bond donors (Lipinski definition) is 0. The van der Waals surface area contributed by atoms with Gasteiger partial charge in [0.25, 0.3) is 6.71 Å². The van der Waals surface area contributed by atoms with Crippen LogP contribution in [0.15, 0.2) is 162 Å². The molecule has 0 fully saturated rings. The first kappa shape index (κ1) is 26.5. The second-order valence-electron chi connectivity index (χ2n) is 12.8. The summed E-state index contributed by atoms with van der Waals surface area (Å²) in [5, 5.41) is 5.09. The third-order valence-corrected chi connectivity index (χ3v) is 10.3. The van der Waals surface area contributed by atoms with Gasteiger partial charge in [-0.25, -0.2) is 4.79 Å². The van der Waals surface area contributed by atoms with E-state index in [1.54, 1.807) is 0 Å². The van der Waals surface area contributed by atoms with Crippen LogP contribution in [0.25, 0.3) is 49.3 Å². The van der Waals surface area contributed by atoms with Gasteiger partial charge in [0.05, 0.1) is 33.7 Å². The molecule has 0 radical (unpaired) electrons. The summed E-state index contributed by atoms with van der Waals surface area (Å²) in [6, 6.07) is 54.4. The number of anilines is 4. The Balaban J connectivity index is 1.31. The van der Waals surface area contributed by atoms with Crippen LogP contribution < -0.4 is 26.3 Å². The van der Waals surface area contributed by atoms with Crippen LogP contribution in [0.5, 0.6) is 0 Å². The van der Waals surface area contributed by atoms with E-state index in [-0.39, 0.29) is 12.7 Å². The van der Waals surface area contributed by atoms with E-state index < -0.39 is 0 Å². The maximum atomic E-state index is 15.7. The number of carbonyl (C=O) groups is 1. The number of nitrogens with zero attached hydrogens (tertiary/aromatic N) is 3. The summed E-state index contributed by atoms with van der Waals surface area (Å²) in [7, 11) is 0. The van der Waals surface area contributed by atoms with Crippen molar-refractivity contribution >= 4 is 95.6 Å². The summed E-state index contributed by atoms with van der Waals surface area (Å²) in [6.45, 7) is -0.117. The van der Waals surface area contributed by atoms with E-state index in [0.29, 0.717) is 0 Å². The summed E-state index contributed by atoms with van der Waals surface area (Å²) in [4.78, 5) is 19.6. The number of carbonyl (C=O) groups excluding carboxylic acids is 1. The minimum atomic E-state index is -0.117. The molecular formula is C43H26BN3O2. The van der Waals surface area contributed by atoms with Crippen LogP contribution in [0.2, 0.25) is 0 Å². The number of benzene rings is 7. The monoisotopic (exact) mass is 627 g/mol. The molecule has 49 heavy (non-hydrogen) atoms. The van der Waals surface area contributed by atoms with Gasteiger partial charge in [0.1, 0.15) is 11.2 Å². The van der Waals surface area contributed by atoms with Gasteiger partial charge in [0, 0.05) is 27.4 Å². The van der Waals surface area contributed by atoms with Crippen LogP contribution in [-0.2, 0) is 0 Å². The average Bonchev–Trinajstić information content (AvgIpc) is 3.71. The highest BCUT2D eigenvalue weighted by molar-refractivity contribution is 6.98. The summed E-state index contributed by atoms with van der Waals surface area (Å²) in [5.74, 6) is 0. The molecule has 0 atom stereocenters. The molecule has 228 valence electrons. The van der Waals surface area contributed by atoms with E-state index >= 15 is 4.79 Å². The number of furan rings is 1. The van der Waals surface area contributed by atoms with Gasteiger partial charge in [-0.05, 0) is 53.3 Å². The Morgan fingerprint density at radius 1 is 0.510 bits per heavy atom. The molecule has 7 aromatic carbocycles. The second-order valence-corrected chi connectivity index (χ2v) is 12.8. The number of amides is 2. The van der Waals surface area contributed by atoms with Crippen LogP contribution in [0.1, 0.15) is 0 Å². The third-order valence-electron chi connectivity index (χ3n) is 10.3. The van der Waals surface area contributed by atoms with E-state index in [0.717, 1.165) is 83.1 Å². The lowest BCUT2D eigenvalue weighted by Crippen LogP contribution is -2.62. The van der Waals surface area contributed by atoms with E-state index in [1.165, 1.54) is 5.46 Å². The summed E-state index contributed by atoms with van der Waals surface area (Å²) in [6.07, 6.45) is 0. The second kappa shape index (κ2) is 9.75. The number of rotatable bonds is 3. The molecule has 4 heterocycles. The molecule has 11 rings (SSSR count). The van der Waals surface area contributed by atoms with Gasteiger partial charge in [-0.3, -0.25) is 9.80 Å².